The molecule has 1 aliphatic rings. The van der Waals surface area contributed by atoms with Gasteiger partial charge in [-0.3, -0.25) is 0 Å². The molecule has 2 N–H and O–H groups in total. The van der Waals surface area contributed by atoms with E-state index < -0.39 is 0 Å². The van der Waals surface area contributed by atoms with Crippen LogP contribution >= 0.6 is 11.6 Å². The maximum Gasteiger partial charge on any atom is 0.0647 e. The van der Waals surface area contributed by atoms with Gasteiger partial charge in [0.25, 0.3) is 0 Å². The van der Waals surface area contributed by atoms with Crippen LogP contribution in [0.25, 0.3) is 0 Å². The van der Waals surface area contributed by atoms with Gasteiger partial charge in [0.1, 0.15) is 0 Å². The lowest BCUT2D eigenvalue weighted by molar-refractivity contribution is 0.214. The predicted molar refractivity (Wildman–Crippen MR) is 76.5 cm³/mol. The average molecular weight is 269 g/mol. The fourth-order valence-corrected chi connectivity index (χ4v) is 2.64. The Morgan fingerprint density at radius 1 is 1.50 bits per heavy atom. The molecule has 1 heterocycles. The third-order valence-electron chi connectivity index (χ3n) is 3.58. The molecule has 0 bridgehead atoms. The van der Waals surface area contributed by atoms with Crippen molar-refractivity contribution in [1.82, 2.24) is 5.32 Å². The Hall–Kier alpha value is -0.770. The van der Waals surface area contributed by atoms with Crippen LogP contribution in [0.5, 0.6) is 0 Å². The number of hydrogen-bond acceptors (Lipinski definition) is 3. The molecule has 100 valence electrons. The molecule has 0 amide bonds. The first-order valence-corrected chi connectivity index (χ1v) is 6.70. The van der Waals surface area contributed by atoms with Crippen molar-refractivity contribution in [2.45, 2.75) is 32.4 Å². The molecule has 1 fully saturated rings. The number of halogens is 1. The van der Waals surface area contributed by atoms with Gasteiger partial charge in [-0.2, -0.15) is 0 Å². The van der Waals surface area contributed by atoms with Crippen LogP contribution in [0, 0.1) is 6.92 Å². The van der Waals surface area contributed by atoms with Gasteiger partial charge in [0.15, 0.2) is 0 Å². The Bertz CT molecular complexity index is 434. The molecule has 1 aromatic carbocycles. The summed E-state index contributed by atoms with van der Waals surface area (Å²) < 4.78 is 0. The van der Waals surface area contributed by atoms with Gasteiger partial charge in [-0.25, -0.2) is 0 Å². The first-order chi connectivity index (χ1) is 8.44. The van der Waals surface area contributed by atoms with Crippen LogP contribution in [0.2, 0.25) is 5.02 Å². The molecule has 1 aliphatic heterocycles. The molecule has 3 nitrogen and oxygen atoms in total. The second-order valence-corrected chi connectivity index (χ2v) is 6.02. The van der Waals surface area contributed by atoms with Crippen molar-refractivity contribution in [3.8, 4) is 0 Å². The Kier molecular flexibility index (Phi) is 3.85. The second-order valence-electron chi connectivity index (χ2n) is 5.61. The summed E-state index contributed by atoms with van der Waals surface area (Å²) in [4.78, 5) is 2.26. The molecule has 4 heteroatoms. The third-order valence-corrected chi connectivity index (χ3v) is 3.99. The number of nitrogens with zero attached hydrogens (tertiary/aromatic N) is 1. The summed E-state index contributed by atoms with van der Waals surface area (Å²) in [5.41, 5.74) is 2.24. The zero-order chi connectivity index (χ0) is 13.3. The van der Waals surface area contributed by atoms with Crippen LogP contribution in [0.4, 0.5) is 5.69 Å². The minimum absolute atomic E-state index is 0.0421. The molecule has 1 aromatic rings. The number of aliphatic hydroxyl groups excluding tert-OH is 1. The van der Waals surface area contributed by atoms with E-state index in [1.54, 1.807) is 0 Å². The van der Waals surface area contributed by atoms with Crippen LogP contribution in [-0.2, 0) is 0 Å². The van der Waals surface area contributed by atoms with Crippen LogP contribution in [0.1, 0.15) is 19.4 Å². The quantitative estimate of drug-likeness (QED) is 0.863. The fraction of sp³-hybridized carbons (Fsp3) is 0.571. The largest absolute Gasteiger partial charge is 0.394 e. The van der Waals surface area contributed by atoms with Crippen molar-refractivity contribution >= 4 is 17.3 Å². The zero-order valence-electron chi connectivity index (χ0n) is 11.2. The lowest BCUT2D eigenvalue weighted by Crippen LogP contribution is -2.63. The van der Waals surface area contributed by atoms with Gasteiger partial charge in [-0.05, 0) is 38.5 Å². The predicted octanol–water partition coefficient (Wildman–Crippen LogP) is 2.20. The van der Waals surface area contributed by atoms with Crippen molar-refractivity contribution in [3.63, 3.8) is 0 Å². The number of benzene rings is 1. The minimum Gasteiger partial charge on any atom is -0.394 e. The molecule has 0 aromatic heterocycles. The van der Waals surface area contributed by atoms with Crippen LogP contribution in [-0.4, -0.2) is 36.4 Å². The van der Waals surface area contributed by atoms with E-state index in [1.165, 1.54) is 0 Å². The standard InChI is InChI=1S/C14H21ClN2O/c1-10-12(15)5-4-6-13(10)17-9-14(2,3)16-7-11(17)8-18/h4-6,11,16,18H,7-9H2,1-3H3. The highest BCUT2D eigenvalue weighted by atomic mass is 35.5. The Balaban J connectivity index is 2.36. The van der Waals surface area contributed by atoms with Gasteiger partial charge in [0.2, 0.25) is 0 Å². The summed E-state index contributed by atoms with van der Waals surface area (Å²) >= 11 is 6.19. The Labute approximate surface area is 114 Å². The number of nitrogens with one attached hydrogen (secondary N) is 1. The highest BCUT2D eigenvalue weighted by Crippen LogP contribution is 2.30. The Morgan fingerprint density at radius 2 is 2.22 bits per heavy atom. The number of aliphatic hydroxyl groups is 1. The van der Waals surface area contributed by atoms with Crippen molar-refractivity contribution < 1.29 is 5.11 Å². The number of piperazine rings is 1. The molecule has 1 atom stereocenters. The van der Waals surface area contributed by atoms with Crippen molar-refractivity contribution in [3.05, 3.63) is 28.8 Å². The van der Waals surface area contributed by atoms with E-state index in [0.717, 1.165) is 29.4 Å². The molecule has 1 unspecified atom stereocenters. The van der Waals surface area contributed by atoms with Gasteiger partial charge < -0.3 is 15.3 Å². The molecule has 18 heavy (non-hydrogen) atoms. The lowest BCUT2D eigenvalue weighted by atomic mass is 9.97. The van der Waals surface area contributed by atoms with Crippen LogP contribution in [0.15, 0.2) is 18.2 Å². The summed E-state index contributed by atoms with van der Waals surface area (Å²) in [6, 6.07) is 6.05. The van der Waals surface area contributed by atoms with Gasteiger partial charge in [0, 0.05) is 29.3 Å². The third kappa shape index (κ3) is 2.63. The fourth-order valence-electron chi connectivity index (χ4n) is 2.47. The van der Waals surface area contributed by atoms with Gasteiger partial charge in [0.05, 0.1) is 12.6 Å². The average Bonchev–Trinajstić information content (AvgIpc) is 2.32. The highest BCUT2D eigenvalue weighted by Gasteiger charge is 2.32. The smallest absolute Gasteiger partial charge is 0.0647 e. The summed E-state index contributed by atoms with van der Waals surface area (Å²) in [5, 5.41) is 13.8. The van der Waals surface area contributed by atoms with E-state index in [4.69, 9.17) is 11.6 Å². The van der Waals surface area contributed by atoms with Crippen LogP contribution < -0.4 is 10.2 Å². The molecular weight excluding hydrogens is 248 g/mol. The molecule has 0 spiro atoms. The number of anilines is 1. The maximum atomic E-state index is 9.54. The van der Waals surface area contributed by atoms with Crippen molar-refractivity contribution in [2.75, 3.05) is 24.6 Å². The summed E-state index contributed by atoms with van der Waals surface area (Å²) in [7, 11) is 0. The number of hydrogen-bond donors (Lipinski definition) is 2. The van der Waals surface area contributed by atoms with Crippen molar-refractivity contribution in [1.29, 1.82) is 0 Å². The topological polar surface area (TPSA) is 35.5 Å². The SMILES string of the molecule is Cc1c(Cl)cccc1N1CC(C)(C)NCC1CO. The normalized spacial score (nSPS) is 23.2. The first kappa shape index (κ1) is 13.7. The van der Waals surface area contributed by atoms with E-state index in [-0.39, 0.29) is 18.2 Å². The second kappa shape index (κ2) is 5.08. The van der Waals surface area contributed by atoms with E-state index in [9.17, 15) is 5.11 Å². The molecule has 0 saturated carbocycles. The Morgan fingerprint density at radius 3 is 2.89 bits per heavy atom. The molecule has 0 radical (unpaired) electrons. The minimum atomic E-state index is 0.0421. The van der Waals surface area contributed by atoms with E-state index in [0.29, 0.717) is 0 Å². The molecule has 2 rings (SSSR count). The zero-order valence-corrected chi connectivity index (χ0v) is 12.0. The highest BCUT2D eigenvalue weighted by molar-refractivity contribution is 6.31. The maximum absolute atomic E-state index is 9.54. The molecular formula is C14H21ClN2O. The monoisotopic (exact) mass is 268 g/mol. The summed E-state index contributed by atoms with van der Waals surface area (Å²) in [6.07, 6.45) is 0. The molecule has 0 aliphatic carbocycles. The first-order valence-electron chi connectivity index (χ1n) is 6.32. The van der Waals surface area contributed by atoms with E-state index in [1.807, 2.05) is 19.1 Å². The lowest BCUT2D eigenvalue weighted by Gasteiger charge is -2.46. The van der Waals surface area contributed by atoms with E-state index >= 15 is 0 Å². The summed E-state index contributed by atoms with van der Waals surface area (Å²) in [5.74, 6) is 0. The van der Waals surface area contributed by atoms with Gasteiger partial charge in [-0.1, -0.05) is 17.7 Å². The van der Waals surface area contributed by atoms with Crippen LogP contribution in [0.3, 0.4) is 0 Å². The number of rotatable bonds is 2. The summed E-state index contributed by atoms with van der Waals surface area (Å²) in [6.45, 7) is 8.17. The molecule has 1 saturated heterocycles. The van der Waals surface area contributed by atoms with E-state index in [2.05, 4.69) is 30.1 Å². The van der Waals surface area contributed by atoms with Gasteiger partial charge >= 0.3 is 0 Å². The van der Waals surface area contributed by atoms with Crippen molar-refractivity contribution in [2.24, 2.45) is 0 Å². The van der Waals surface area contributed by atoms with Gasteiger partial charge in [-0.15, -0.1) is 0 Å².